The molecule has 29 heavy (non-hydrogen) atoms. The number of hydrogen-bond acceptors (Lipinski definition) is 3. The van der Waals surface area contributed by atoms with Crippen LogP contribution in [0.1, 0.15) is 32.0 Å². The Kier molecular flexibility index (Phi) is 6.30. The van der Waals surface area contributed by atoms with Crippen LogP contribution in [0.15, 0.2) is 79.0 Å². The standard InChI is InChI=1S/C24H27NO3Si/c1-24(2,3)29(21-10-6-4-7-11-21,22-12-8-5-9-13-22)28-18-20-15-14-19(17-25-20)16-23(26)27/h4-15,17H,16,18H2,1-3H3,(H,26,27). The van der Waals surface area contributed by atoms with Gasteiger partial charge in [-0.25, -0.2) is 0 Å². The molecular weight excluding hydrogens is 378 g/mol. The highest BCUT2D eigenvalue weighted by atomic mass is 28.4. The number of pyridine rings is 1. The fourth-order valence-corrected chi connectivity index (χ4v) is 8.28. The zero-order valence-electron chi connectivity index (χ0n) is 17.1. The zero-order chi connectivity index (χ0) is 20.9. The van der Waals surface area contributed by atoms with Gasteiger partial charge >= 0.3 is 5.97 Å². The average Bonchev–Trinajstić information content (AvgIpc) is 2.70. The van der Waals surface area contributed by atoms with E-state index in [-0.39, 0.29) is 11.5 Å². The summed E-state index contributed by atoms with van der Waals surface area (Å²) in [6, 6.07) is 24.6. The van der Waals surface area contributed by atoms with E-state index in [9.17, 15) is 4.79 Å². The zero-order valence-corrected chi connectivity index (χ0v) is 18.1. The summed E-state index contributed by atoms with van der Waals surface area (Å²) in [4.78, 5) is 15.3. The quantitative estimate of drug-likeness (QED) is 0.608. The highest BCUT2D eigenvalue weighted by molar-refractivity contribution is 6.99. The number of carbonyl (C=O) groups is 1. The van der Waals surface area contributed by atoms with Crippen LogP contribution in [0.25, 0.3) is 0 Å². The number of aliphatic carboxylic acids is 1. The molecule has 0 amide bonds. The maximum absolute atomic E-state index is 10.9. The Morgan fingerprint density at radius 1 is 0.931 bits per heavy atom. The first kappa shape index (κ1) is 21.0. The third kappa shape index (κ3) is 4.63. The predicted molar refractivity (Wildman–Crippen MR) is 118 cm³/mol. The highest BCUT2D eigenvalue weighted by Gasteiger charge is 2.50. The van der Waals surface area contributed by atoms with Crippen molar-refractivity contribution in [2.24, 2.45) is 0 Å². The minimum Gasteiger partial charge on any atom is -0.481 e. The summed E-state index contributed by atoms with van der Waals surface area (Å²) in [6.45, 7) is 7.09. The molecule has 1 aromatic heterocycles. The van der Waals surface area contributed by atoms with Crippen LogP contribution in [-0.2, 0) is 22.2 Å². The minimum absolute atomic E-state index is 0.0250. The second-order valence-corrected chi connectivity index (χ2v) is 12.5. The van der Waals surface area contributed by atoms with E-state index < -0.39 is 14.3 Å². The lowest BCUT2D eigenvalue weighted by atomic mass is 10.2. The summed E-state index contributed by atoms with van der Waals surface area (Å²) in [5.41, 5.74) is 1.49. The molecule has 0 aliphatic rings. The molecule has 0 unspecified atom stereocenters. The van der Waals surface area contributed by atoms with Crippen molar-refractivity contribution in [1.29, 1.82) is 0 Å². The molecule has 150 valence electrons. The van der Waals surface area contributed by atoms with Crippen LogP contribution in [0.2, 0.25) is 5.04 Å². The summed E-state index contributed by atoms with van der Waals surface area (Å²) in [6.07, 6.45) is 1.60. The van der Waals surface area contributed by atoms with Crippen molar-refractivity contribution in [3.63, 3.8) is 0 Å². The molecule has 0 saturated carbocycles. The van der Waals surface area contributed by atoms with Crippen LogP contribution in [0.5, 0.6) is 0 Å². The Morgan fingerprint density at radius 3 is 1.90 bits per heavy atom. The Balaban J connectivity index is 1.99. The first-order chi connectivity index (χ1) is 13.8. The maximum atomic E-state index is 10.9. The maximum Gasteiger partial charge on any atom is 0.307 e. The van der Waals surface area contributed by atoms with Gasteiger partial charge < -0.3 is 9.53 Å². The predicted octanol–water partition coefficient (Wildman–Crippen LogP) is 3.79. The molecule has 4 nitrogen and oxygen atoms in total. The number of aromatic nitrogens is 1. The molecule has 0 aliphatic heterocycles. The third-order valence-electron chi connectivity index (χ3n) is 5.09. The molecule has 1 N–H and O–H groups in total. The summed E-state index contributed by atoms with van der Waals surface area (Å²) < 4.78 is 6.83. The topological polar surface area (TPSA) is 59.4 Å². The number of carboxylic acid groups (broad SMARTS) is 1. The molecule has 5 heteroatoms. The van der Waals surface area contributed by atoms with Gasteiger partial charge in [0, 0.05) is 6.20 Å². The largest absolute Gasteiger partial charge is 0.481 e. The van der Waals surface area contributed by atoms with Crippen LogP contribution in [0.3, 0.4) is 0 Å². The van der Waals surface area contributed by atoms with Crippen molar-refractivity contribution < 1.29 is 14.3 Å². The molecule has 0 fully saturated rings. The number of carboxylic acids is 1. The molecule has 0 atom stereocenters. The van der Waals surface area contributed by atoms with Gasteiger partial charge in [-0.05, 0) is 27.0 Å². The van der Waals surface area contributed by atoms with Crippen LogP contribution in [0.4, 0.5) is 0 Å². The van der Waals surface area contributed by atoms with E-state index in [1.54, 1.807) is 6.20 Å². The Hall–Kier alpha value is -2.76. The number of rotatable bonds is 7. The van der Waals surface area contributed by atoms with Gasteiger partial charge in [-0.3, -0.25) is 9.78 Å². The lowest BCUT2D eigenvalue weighted by molar-refractivity contribution is -0.136. The SMILES string of the molecule is CC(C)(C)[Si](OCc1ccc(CC(=O)O)cn1)(c1ccccc1)c1ccccc1. The molecule has 0 bridgehead atoms. The lowest BCUT2D eigenvalue weighted by Gasteiger charge is -2.43. The lowest BCUT2D eigenvalue weighted by Crippen LogP contribution is -2.66. The van der Waals surface area contributed by atoms with Crippen LogP contribution >= 0.6 is 0 Å². The molecule has 0 spiro atoms. The van der Waals surface area contributed by atoms with Crippen molar-refractivity contribution in [3.8, 4) is 0 Å². The van der Waals surface area contributed by atoms with Crippen molar-refractivity contribution >= 4 is 24.7 Å². The molecule has 3 rings (SSSR count). The van der Waals surface area contributed by atoms with Crippen molar-refractivity contribution in [2.75, 3.05) is 0 Å². The van der Waals surface area contributed by atoms with Gasteiger partial charge in [0.1, 0.15) is 0 Å². The monoisotopic (exact) mass is 405 g/mol. The summed E-state index contributed by atoms with van der Waals surface area (Å²) in [7, 11) is -2.61. The van der Waals surface area contributed by atoms with Gasteiger partial charge in [-0.15, -0.1) is 0 Å². The highest BCUT2D eigenvalue weighted by Crippen LogP contribution is 2.37. The fourth-order valence-electron chi connectivity index (χ4n) is 3.76. The van der Waals surface area contributed by atoms with E-state index in [0.29, 0.717) is 12.2 Å². The van der Waals surface area contributed by atoms with Crippen LogP contribution < -0.4 is 10.4 Å². The summed E-state index contributed by atoms with van der Waals surface area (Å²) in [5, 5.41) is 11.3. The fraction of sp³-hybridized carbons (Fsp3) is 0.250. The van der Waals surface area contributed by atoms with Gasteiger partial charge in [-0.2, -0.15) is 0 Å². The molecule has 0 saturated heterocycles. The minimum atomic E-state index is -2.61. The van der Waals surface area contributed by atoms with E-state index in [2.05, 4.69) is 74.3 Å². The van der Waals surface area contributed by atoms with Gasteiger partial charge in [-0.1, -0.05) is 87.5 Å². The van der Waals surface area contributed by atoms with Crippen molar-refractivity contribution in [3.05, 3.63) is 90.3 Å². The third-order valence-corrected chi connectivity index (χ3v) is 10.1. The second-order valence-electron chi connectivity index (χ2n) is 8.18. The number of hydrogen-bond donors (Lipinski definition) is 1. The van der Waals surface area contributed by atoms with Crippen LogP contribution in [0, 0.1) is 0 Å². The molecule has 0 aliphatic carbocycles. The molecule has 2 aromatic carbocycles. The smallest absolute Gasteiger partial charge is 0.307 e. The normalized spacial score (nSPS) is 12.0. The molecular formula is C24H27NO3Si. The molecule has 3 aromatic rings. The Morgan fingerprint density at radius 2 is 1.48 bits per heavy atom. The van der Waals surface area contributed by atoms with E-state index in [0.717, 1.165) is 5.69 Å². The number of nitrogens with zero attached hydrogens (tertiary/aromatic N) is 1. The first-order valence-corrected chi connectivity index (χ1v) is 11.6. The van der Waals surface area contributed by atoms with Crippen molar-refractivity contribution in [2.45, 2.75) is 38.8 Å². The van der Waals surface area contributed by atoms with Crippen molar-refractivity contribution in [1.82, 2.24) is 4.98 Å². The van der Waals surface area contributed by atoms with Gasteiger partial charge in [0.2, 0.25) is 0 Å². The van der Waals surface area contributed by atoms with Gasteiger partial charge in [0.25, 0.3) is 8.32 Å². The van der Waals surface area contributed by atoms with E-state index in [4.69, 9.17) is 9.53 Å². The van der Waals surface area contributed by atoms with E-state index >= 15 is 0 Å². The Labute approximate surface area is 173 Å². The average molecular weight is 406 g/mol. The second kappa shape index (κ2) is 8.72. The summed E-state index contributed by atoms with van der Waals surface area (Å²) >= 11 is 0. The van der Waals surface area contributed by atoms with E-state index in [1.165, 1.54) is 10.4 Å². The first-order valence-electron chi connectivity index (χ1n) is 9.73. The van der Waals surface area contributed by atoms with E-state index in [1.807, 2.05) is 24.3 Å². The molecule has 1 heterocycles. The molecule has 0 radical (unpaired) electrons. The van der Waals surface area contributed by atoms with Gasteiger partial charge in [0.15, 0.2) is 0 Å². The summed E-state index contributed by atoms with van der Waals surface area (Å²) in [5.74, 6) is -0.858. The van der Waals surface area contributed by atoms with Crippen LogP contribution in [-0.4, -0.2) is 24.4 Å². The Bertz CT molecular complexity index is 896. The van der Waals surface area contributed by atoms with Gasteiger partial charge in [0.05, 0.1) is 18.7 Å². The number of benzene rings is 2.